The van der Waals surface area contributed by atoms with Crippen LogP contribution in [0.1, 0.15) is 19.4 Å². The zero-order chi connectivity index (χ0) is 18.7. The van der Waals surface area contributed by atoms with E-state index in [1.54, 1.807) is 50.3 Å². The highest BCUT2D eigenvalue weighted by molar-refractivity contribution is 5.96. The minimum atomic E-state index is -0.705. The third-order valence-corrected chi connectivity index (χ3v) is 2.68. The van der Waals surface area contributed by atoms with E-state index in [0.717, 1.165) is 5.56 Å². The van der Waals surface area contributed by atoms with Gasteiger partial charge in [0, 0.05) is 12.1 Å². The van der Waals surface area contributed by atoms with Gasteiger partial charge in [-0.15, -0.1) is 0 Å². The van der Waals surface area contributed by atoms with Gasteiger partial charge in [-0.25, -0.2) is 9.59 Å². The molecule has 0 saturated carbocycles. The molecule has 0 atom stereocenters. The third-order valence-electron chi connectivity index (χ3n) is 2.68. The lowest BCUT2D eigenvalue weighted by molar-refractivity contribution is -0.143. The van der Waals surface area contributed by atoms with E-state index < -0.39 is 24.5 Å². The van der Waals surface area contributed by atoms with Gasteiger partial charge in [-0.2, -0.15) is 0 Å². The third kappa shape index (κ3) is 8.95. The van der Waals surface area contributed by atoms with Gasteiger partial charge in [0.15, 0.2) is 6.61 Å². The fraction of sp³-hybridized carbons (Fsp3) is 0.278. The number of urea groups is 1. The van der Waals surface area contributed by atoms with Gasteiger partial charge in [0.05, 0.1) is 0 Å². The topological polar surface area (TPSA) is 93.7 Å². The van der Waals surface area contributed by atoms with Crippen molar-refractivity contribution < 1.29 is 23.9 Å². The average Bonchev–Trinajstić information content (AvgIpc) is 2.56. The Morgan fingerprint density at radius 2 is 1.88 bits per heavy atom. The number of hydrogen-bond acceptors (Lipinski definition) is 5. The van der Waals surface area contributed by atoms with Crippen molar-refractivity contribution in [1.29, 1.82) is 0 Å². The molecule has 25 heavy (non-hydrogen) atoms. The van der Waals surface area contributed by atoms with E-state index in [2.05, 4.69) is 17.2 Å². The first kappa shape index (κ1) is 20.0. The lowest BCUT2D eigenvalue weighted by atomic mass is 10.2. The Balaban J connectivity index is 2.38. The van der Waals surface area contributed by atoms with E-state index in [0.29, 0.717) is 12.4 Å². The minimum Gasteiger partial charge on any atom is -0.490 e. The van der Waals surface area contributed by atoms with E-state index in [-0.39, 0.29) is 6.04 Å². The Hall–Kier alpha value is -3.09. The van der Waals surface area contributed by atoms with Crippen molar-refractivity contribution in [3.63, 3.8) is 0 Å². The van der Waals surface area contributed by atoms with Crippen LogP contribution in [0, 0.1) is 0 Å². The molecule has 2 N–H and O–H groups in total. The first-order chi connectivity index (χ1) is 11.9. The number of nitrogens with one attached hydrogen (secondary N) is 2. The highest BCUT2D eigenvalue weighted by atomic mass is 16.5. The summed E-state index contributed by atoms with van der Waals surface area (Å²) in [5.74, 6) is -0.703. The fourth-order valence-electron chi connectivity index (χ4n) is 1.64. The molecule has 0 unspecified atom stereocenters. The molecule has 0 spiro atoms. The van der Waals surface area contributed by atoms with E-state index >= 15 is 0 Å². The highest BCUT2D eigenvalue weighted by Crippen LogP contribution is 2.13. The number of benzene rings is 1. The smallest absolute Gasteiger partial charge is 0.331 e. The maximum absolute atomic E-state index is 11.6. The van der Waals surface area contributed by atoms with Crippen molar-refractivity contribution >= 4 is 24.0 Å². The van der Waals surface area contributed by atoms with Gasteiger partial charge in [0.25, 0.3) is 5.91 Å². The maximum atomic E-state index is 11.6. The SMILES string of the molecule is C=CCOc1ccc(/C=C/C(=O)OCC(=O)NC(=O)NC(C)C)cc1. The van der Waals surface area contributed by atoms with Crippen LogP contribution in [-0.2, 0) is 14.3 Å². The summed E-state index contributed by atoms with van der Waals surface area (Å²) in [7, 11) is 0. The van der Waals surface area contributed by atoms with Crippen molar-refractivity contribution in [2.24, 2.45) is 0 Å². The zero-order valence-electron chi connectivity index (χ0n) is 14.3. The molecule has 0 fully saturated rings. The molecule has 134 valence electrons. The van der Waals surface area contributed by atoms with Crippen LogP contribution < -0.4 is 15.4 Å². The summed E-state index contributed by atoms with van der Waals surface area (Å²) >= 11 is 0. The number of carbonyl (C=O) groups is 3. The molecule has 3 amide bonds. The van der Waals surface area contributed by atoms with Crippen LogP contribution >= 0.6 is 0 Å². The van der Waals surface area contributed by atoms with E-state index in [1.165, 1.54) is 6.08 Å². The maximum Gasteiger partial charge on any atom is 0.331 e. The summed E-state index contributed by atoms with van der Waals surface area (Å²) in [4.78, 5) is 34.3. The van der Waals surface area contributed by atoms with Crippen LogP contribution in [0.5, 0.6) is 5.75 Å². The van der Waals surface area contributed by atoms with Crippen LogP contribution in [0.3, 0.4) is 0 Å². The van der Waals surface area contributed by atoms with Crippen molar-refractivity contribution in [2.45, 2.75) is 19.9 Å². The predicted octanol–water partition coefficient (Wildman–Crippen LogP) is 2.04. The fourth-order valence-corrected chi connectivity index (χ4v) is 1.64. The molecule has 0 heterocycles. The van der Waals surface area contributed by atoms with Gasteiger partial charge in [-0.3, -0.25) is 10.1 Å². The standard InChI is InChI=1S/C18H22N2O5/c1-4-11-24-15-8-5-14(6-9-15)7-10-17(22)25-12-16(21)20-18(23)19-13(2)3/h4-10,13H,1,11-12H2,2-3H3,(H2,19,20,21,23)/b10-7+. The molecule has 7 heteroatoms. The molecule has 0 aliphatic carbocycles. The van der Waals surface area contributed by atoms with E-state index in [4.69, 9.17) is 9.47 Å². The van der Waals surface area contributed by atoms with Gasteiger partial charge in [0.1, 0.15) is 12.4 Å². The molecular weight excluding hydrogens is 324 g/mol. The van der Waals surface area contributed by atoms with Crippen molar-refractivity contribution in [2.75, 3.05) is 13.2 Å². The molecular formula is C18H22N2O5. The Labute approximate surface area is 146 Å². The second kappa shape index (κ2) is 10.6. The number of hydrogen-bond donors (Lipinski definition) is 2. The van der Waals surface area contributed by atoms with Gasteiger partial charge in [-0.1, -0.05) is 24.8 Å². The second-order valence-corrected chi connectivity index (χ2v) is 5.29. The molecule has 1 aromatic rings. The Morgan fingerprint density at radius 3 is 2.48 bits per heavy atom. The first-order valence-electron chi connectivity index (χ1n) is 7.69. The van der Waals surface area contributed by atoms with Crippen LogP contribution in [0.25, 0.3) is 6.08 Å². The van der Waals surface area contributed by atoms with Crippen LogP contribution in [0.4, 0.5) is 4.79 Å². The zero-order valence-corrected chi connectivity index (χ0v) is 14.3. The van der Waals surface area contributed by atoms with Gasteiger partial charge in [-0.05, 0) is 37.6 Å². The summed E-state index contributed by atoms with van der Waals surface area (Å²) < 4.78 is 10.1. The summed E-state index contributed by atoms with van der Waals surface area (Å²) in [6.45, 7) is 6.95. The van der Waals surface area contributed by atoms with Crippen molar-refractivity contribution in [3.8, 4) is 5.75 Å². The Morgan fingerprint density at radius 1 is 1.20 bits per heavy atom. The van der Waals surface area contributed by atoms with Gasteiger partial charge in [0.2, 0.25) is 0 Å². The average molecular weight is 346 g/mol. The quantitative estimate of drug-likeness (QED) is 0.427. The number of imide groups is 1. The molecule has 1 rings (SSSR count). The molecule has 0 aliphatic rings. The van der Waals surface area contributed by atoms with Crippen LogP contribution in [0.2, 0.25) is 0 Å². The number of ether oxygens (including phenoxy) is 2. The van der Waals surface area contributed by atoms with Gasteiger partial charge < -0.3 is 14.8 Å². The minimum absolute atomic E-state index is 0.105. The first-order valence-corrected chi connectivity index (χ1v) is 7.69. The normalized spacial score (nSPS) is 10.4. The molecule has 7 nitrogen and oxygen atoms in total. The van der Waals surface area contributed by atoms with Crippen LogP contribution in [0.15, 0.2) is 43.0 Å². The molecule has 0 bridgehead atoms. The summed E-state index contributed by atoms with van der Waals surface area (Å²) in [6.07, 6.45) is 4.39. The lowest BCUT2D eigenvalue weighted by Crippen LogP contribution is -2.43. The van der Waals surface area contributed by atoms with Crippen LogP contribution in [-0.4, -0.2) is 37.2 Å². The molecule has 0 aromatic heterocycles. The summed E-state index contributed by atoms with van der Waals surface area (Å²) in [5, 5.41) is 4.54. The number of amides is 3. The Bertz CT molecular complexity index is 635. The molecule has 0 aliphatic heterocycles. The largest absolute Gasteiger partial charge is 0.490 e. The van der Waals surface area contributed by atoms with E-state index in [9.17, 15) is 14.4 Å². The Kier molecular flexibility index (Phi) is 8.49. The second-order valence-electron chi connectivity index (χ2n) is 5.29. The summed E-state index contributed by atoms with van der Waals surface area (Å²) in [5.41, 5.74) is 0.767. The van der Waals surface area contributed by atoms with Crippen molar-refractivity contribution in [1.82, 2.24) is 10.6 Å². The lowest BCUT2D eigenvalue weighted by Gasteiger charge is -2.08. The monoisotopic (exact) mass is 346 g/mol. The van der Waals surface area contributed by atoms with Gasteiger partial charge >= 0.3 is 12.0 Å². The molecule has 0 radical (unpaired) electrons. The molecule has 1 aromatic carbocycles. The molecule has 0 saturated heterocycles. The van der Waals surface area contributed by atoms with E-state index in [1.807, 2.05) is 0 Å². The number of rotatable bonds is 8. The number of carbonyl (C=O) groups excluding carboxylic acids is 3. The predicted molar refractivity (Wildman–Crippen MR) is 93.9 cm³/mol. The van der Waals surface area contributed by atoms with Crippen molar-refractivity contribution in [3.05, 3.63) is 48.6 Å². The number of esters is 1. The summed E-state index contributed by atoms with van der Waals surface area (Å²) in [6, 6.07) is 6.32. The highest BCUT2D eigenvalue weighted by Gasteiger charge is 2.10.